The van der Waals surface area contributed by atoms with E-state index in [2.05, 4.69) is 5.32 Å². The summed E-state index contributed by atoms with van der Waals surface area (Å²) in [6.07, 6.45) is 0. The maximum Gasteiger partial charge on any atom is 0.262 e. The molecule has 0 saturated carbocycles. The third-order valence-electron chi connectivity index (χ3n) is 3.50. The predicted octanol–water partition coefficient (Wildman–Crippen LogP) is 4.30. The summed E-state index contributed by atoms with van der Waals surface area (Å²) in [5.74, 6) is -0.237. The van der Waals surface area contributed by atoms with Gasteiger partial charge in [0.05, 0.1) is 5.69 Å². The average molecular weight is 309 g/mol. The van der Waals surface area contributed by atoms with Crippen LogP contribution < -0.4 is 10.1 Å². The number of carbonyl (C=O) groups excluding carboxylic acids is 1. The van der Waals surface area contributed by atoms with Crippen molar-refractivity contribution in [2.75, 3.05) is 11.9 Å². The zero-order valence-electron chi connectivity index (χ0n) is 12.7. The van der Waals surface area contributed by atoms with Gasteiger partial charge in [-0.05, 0) is 36.1 Å². The van der Waals surface area contributed by atoms with Crippen molar-refractivity contribution in [1.29, 1.82) is 0 Å². The third kappa shape index (κ3) is 3.48. The third-order valence-corrected chi connectivity index (χ3v) is 3.50. The number of ether oxygens (including phenoxy) is 1. The Balaban J connectivity index is 1.70. The number of aryl methyl sites for hydroxylation is 1. The van der Waals surface area contributed by atoms with E-state index in [1.165, 1.54) is 6.07 Å². The van der Waals surface area contributed by atoms with Crippen LogP contribution in [0.5, 0.6) is 5.75 Å². The lowest BCUT2D eigenvalue weighted by molar-refractivity contribution is -0.118. The second-order valence-corrected chi connectivity index (χ2v) is 5.30. The average Bonchev–Trinajstić information content (AvgIpc) is 2.56. The van der Waals surface area contributed by atoms with Crippen LogP contribution in [0.2, 0.25) is 0 Å². The molecule has 1 N–H and O–H groups in total. The Morgan fingerprint density at radius 2 is 1.87 bits per heavy atom. The lowest BCUT2D eigenvalue weighted by Gasteiger charge is -2.10. The van der Waals surface area contributed by atoms with E-state index in [-0.39, 0.29) is 12.3 Å². The molecule has 1 amide bonds. The fourth-order valence-corrected chi connectivity index (χ4v) is 2.39. The minimum absolute atomic E-state index is 0.163. The predicted molar refractivity (Wildman–Crippen MR) is 89.2 cm³/mol. The molecule has 0 aromatic heterocycles. The normalized spacial score (nSPS) is 10.5. The van der Waals surface area contributed by atoms with Gasteiger partial charge in [0.25, 0.3) is 5.91 Å². The number of benzene rings is 3. The topological polar surface area (TPSA) is 38.3 Å². The summed E-state index contributed by atoms with van der Waals surface area (Å²) in [5, 5.41) is 4.50. The van der Waals surface area contributed by atoms with Gasteiger partial charge in [0.15, 0.2) is 6.61 Å². The molecule has 116 valence electrons. The highest BCUT2D eigenvalue weighted by Crippen LogP contribution is 2.25. The minimum Gasteiger partial charge on any atom is -0.483 e. The number of carbonyl (C=O) groups is 1. The van der Waals surface area contributed by atoms with Gasteiger partial charge in [0, 0.05) is 5.39 Å². The Morgan fingerprint density at radius 1 is 1.09 bits per heavy atom. The molecule has 0 atom stereocenters. The molecule has 0 bridgehead atoms. The molecule has 0 aliphatic carbocycles. The number of anilines is 1. The largest absolute Gasteiger partial charge is 0.483 e. The van der Waals surface area contributed by atoms with E-state index in [4.69, 9.17) is 4.74 Å². The molecule has 3 rings (SSSR count). The van der Waals surface area contributed by atoms with Gasteiger partial charge in [-0.15, -0.1) is 0 Å². The Kier molecular flexibility index (Phi) is 4.24. The van der Waals surface area contributed by atoms with E-state index in [1.807, 2.05) is 49.4 Å². The van der Waals surface area contributed by atoms with Crippen LogP contribution in [0.15, 0.2) is 60.7 Å². The second-order valence-electron chi connectivity index (χ2n) is 5.30. The van der Waals surface area contributed by atoms with E-state index in [0.29, 0.717) is 5.75 Å². The number of hydrogen-bond acceptors (Lipinski definition) is 2. The SMILES string of the molecule is Cc1ccc(F)c(NC(=O)COc2cccc3ccccc23)c1. The molecule has 0 heterocycles. The lowest BCUT2D eigenvalue weighted by Crippen LogP contribution is -2.20. The molecular formula is C19H16FNO2. The molecule has 3 nitrogen and oxygen atoms in total. The van der Waals surface area contributed by atoms with Crippen LogP contribution >= 0.6 is 0 Å². The highest BCUT2D eigenvalue weighted by atomic mass is 19.1. The van der Waals surface area contributed by atoms with Crippen LogP contribution in [0, 0.1) is 12.7 Å². The van der Waals surface area contributed by atoms with Crippen molar-refractivity contribution in [2.45, 2.75) is 6.92 Å². The van der Waals surface area contributed by atoms with Gasteiger partial charge in [-0.25, -0.2) is 4.39 Å². The number of fused-ring (bicyclic) bond motifs is 1. The molecular weight excluding hydrogens is 293 g/mol. The monoisotopic (exact) mass is 309 g/mol. The van der Waals surface area contributed by atoms with Crippen molar-refractivity contribution < 1.29 is 13.9 Å². The van der Waals surface area contributed by atoms with Gasteiger partial charge in [-0.3, -0.25) is 4.79 Å². The van der Waals surface area contributed by atoms with Crippen molar-refractivity contribution in [3.63, 3.8) is 0 Å². The Bertz CT molecular complexity index is 856. The van der Waals surface area contributed by atoms with Gasteiger partial charge in [0.1, 0.15) is 11.6 Å². The zero-order valence-corrected chi connectivity index (χ0v) is 12.7. The molecule has 3 aromatic carbocycles. The zero-order chi connectivity index (χ0) is 16.2. The van der Waals surface area contributed by atoms with Crippen LogP contribution in [0.4, 0.5) is 10.1 Å². The molecule has 0 aliphatic rings. The highest BCUT2D eigenvalue weighted by Gasteiger charge is 2.09. The first-order chi connectivity index (χ1) is 11.1. The Morgan fingerprint density at radius 3 is 2.74 bits per heavy atom. The number of hydrogen-bond donors (Lipinski definition) is 1. The van der Waals surface area contributed by atoms with Crippen molar-refractivity contribution in [3.8, 4) is 5.75 Å². The van der Waals surface area contributed by atoms with Gasteiger partial charge in [-0.1, -0.05) is 42.5 Å². The standard InChI is InChI=1S/C19H16FNO2/c1-13-9-10-16(20)17(11-13)21-19(22)12-23-18-8-4-6-14-5-2-3-7-15(14)18/h2-11H,12H2,1H3,(H,21,22). The fraction of sp³-hybridized carbons (Fsp3) is 0.105. The molecule has 0 radical (unpaired) electrons. The van der Waals surface area contributed by atoms with Crippen LogP contribution in [0.1, 0.15) is 5.56 Å². The van der Waals surface area contributed by atoms with Gasteiger partial charge in [-0.2, -0.15) is 0 Å². The van der Waals surface area contributed by atoms with Crippen molar-refractivity contribution >= 4 is 22.4 Å². The minimum atomic E-state index is -0.464. The van der Waals surface area contributed by atoms with Gasteiger partial charge in [0.2, 0.25) is 0 Å². The van der Waals surface area contributed by atoms with Crippen molar-refractivity contribution in [2.24, 2.45) is 0 Å². The van der Waals surface area contributed by atoms with Crippen LogP contribution in [0.25, 0.3) is 10.8 Å². The smallest absolute Gasteiger partial charge is 0.262 e. The van der Waals surface area contributed by atoms with E-state index >= 15 is 0 Å². The number of rotatable bonds is 4. The van der Waals surface area contributed by atoms with E-state index in [0.717, 1.165) is 16.3 Å². The maximum absolute atomic E-state index is 13.6. The van der Waals surface area contributed by atoms with Gasteiger partial charge < -0.3 is 10.1 Å². The van der Waals surface area contributed by atoms with Crippen molar-refractivity contribution in [3.05, 3.63) is 72.0 Å². The summed E-state index contributed by atoms with van der Waals surface area (Å²) >= 11 is 0. The van der Waals surface area contributed by atoms with Crippen LogP contribution in [-0.2, 0) is 4.79 Å². The molecule has 23 heavy (non-hydrogen) atoms. The van der Waals surface area contributed by atoms with Crippen molar-refractivity contribution in [1.82, 2.24) is 0 Å². The second kappa shape index (κ2) is 6.48. The molecule has 4 heteroatoms. The summed E-state index contributed by atoms with van der Waals surface area (Å²) < 4.78 is 19.2. The summed E-state index contributed by atoms with van der Waals surface area (Å²) in [5.41, 5.74) is 1.04. The van der Waals surface area contributed by atoms with E-state index in [9.17, 15) is 9.18 Å². The highest BCUT2D eigenvalue weighted by molar-refractivity contribution is 5.93. The van der Waals surface area contributed by atoms with E-state index in [1.54, 1.807) is 12.1 Å². The first-order valence-electron chi connectivity index (χ1n) is 7.30. The Labute approximate surface area is 133 Å². The summed E-state index contributed by atoms with van der Waals surface area (Å²) in [7, 11) is 0. The fourth-order valence-electron chi connectivity index (χ4n) is 2.39. The van der Waals surface area contributed by atoms with Crippen LogP contribution in [0.3, 0.4) is 0 Å². The Hall–Kier alpha value is -2.88. The lowest BCUT2D eigenvalue weighted by atomic mass is 10.1. The van der Waals surface area contributed by atoms with E-state index < -0.39 is 11.7 Å². The number of halogens is 1. The molecule has 0 fully saturated rings. The molecule has 0 unspecified atom stereocenters. The molecule has 0 aliphatic heterocycles. The molecule has 0 saturated heterocycles. The first kappa shape index (κ1) is 15.0. The molecule has 0 spiro atoms. The van der Waals surface area contributed by atoms with Crippen LogP contribution in [-0.4, -0.2) is 12.5 Å². The summed E-state index contributed by atoms with van der Waals surface area (Å²) in [4.78, 5) is 12.0. The first-order valence-corrected chi connectivity index (χ1v) is 7.30. The molecule has 3 aromatic rings. The number of nitrogens with one attached hydrogen (secondary N) is 1. The quantitative estimate of drug-likeness (QED) is 0.780. The maximum atomic E-state index is 13.6. The summed E-state index contributed by atoms with van der Waals surface area (Å²) in [6, 6.07) is 18.0. The number of amides is 1. The summed E-state index contributed by atoms with van der Waals surface area (Å²) in [6.45, 7) is 1.66. The van der Waals surface area contributed by atoms with Gasteiger partial charge >= 0.3 is 0 Å².